The minimum absolute atomic E-state index is 0.000372. The Labute approximate surface area is 155 Å². The summed E-state index contributed by atoms with van der Waals surface area (Å²) in [5.74, 6) is -2.54. The van der Waals surface area contributed by atoms with Crippen LogP contribution in [0.15, 0.2) is 59.5 Å². The summed E-state index contributed by atoms with van der Waals surface area (Å²) in [6.07, 6.45) is 2.21. The highest BCUT2D eigenvalue weighted by Crippen LogP contribution is 2.37. The van der Waals surface area contributed by atoms with Gasteiger partial charge in [0.25, 0.3) is 0 Å². The Balaban J connectivity index is 2.10. The predicted molar refractivity (Wildman–Crippen MR) is 99.3 cm³/mol. The molecule has 0 aromatic heterocycles. The maximum atomic E-state index is 14.6. The van der Waals surface area contributed by atoms with Gasteiger partial charge in [-0.05, 0) is 23.8 Å². The van der Waals surface area contributed by atoms with Gasteiger partial charge < -0.3 is 5.73 Å². The predicted octanol–water partition coefficient (Wildman–Crippen LogP) is 3.83. The first-order valence-electron chi connectivity index (χ1n) is 7.89. The molecule has 3 rings (SSSR count). The van der Waals surface area contributed by atoms with E-state index < -0.39 is 33.2 Å². The third kappa shape index (κ3) is 4.13. The molecule has 1 aliphatic heterocycles. The number of rotatable bonds is 4. The molecule has 5 nitrogen and oxygen atoms in total. The van der Waals surface area contributed by atoms with Gasteiger partial charge in [0.05, 0.1) is 12.0 Å². The molecule has 2 unspecified atom stereocenters. The third-order valence-corrected chi connectivity index (χ3v) is 4.86. The Bertz CT molecular complexity index is 1050. The van der Waals surface area contributed by atoms with E-state index in [0.717, 1.165) is 18.3 Å². The molecular formula is C18H17F3N4OS. The molecule has 142 valence electrons. The van der Waals surface area contributed by atoms with Crippen LogP contribution in [0.5, 0.6) is 0 Å². The van der Waals surface area contributed by atoms with E-state index in [1.54, 1.807) is 24.3 Å². The molecule has 2 aromatic carbocycles. The summed E-state index contributed by atoms with van der Waals surface area (Å²) in [5.41, 5.74) is 6.79. The van der Waals surface area contributed by atoms with Gasteiger partial charge in [-0.3, -0.25) is 9.68 Å². The van der Waals surface area contributed by atoms with E-state index in [2.05, 4.69) is 4.99 Å². The van der Waals surface area contributed by atoms with E-state index in [4.69, 9.17) is 10.5 Å². The molecule has 0 amide bonds. The van der Waals surface area contributed by atoms with Gasteiger partial charge in [-0.25, -0.2) is 22.4 Å². The lowest BCUT2D eigenvalue weighted by Crippen LogP contribution is -2.42. The quantitative estimate of drug-likeness (QED) is 0.827. The number of aliphatic imine (C=N–C) groups is 1. The van der Waals surface area contributed by atoms with Crippen LogP contribution in [0.25, 0.3) is 0 Å². The van der Waals surface area contributed by atoms with E-state index in [0.29, 0.717) is 17.3 Å². The fourth-order valence-electron chi connectivity index (χ4n) is 2.92. The molecule has 27 heavy (non-hydrogen) atoms. The Morgan fingerprint density at radius 1 is 1.22 bits per heavy atom. The lowest BCUT2D eigenvalue weighted by Gasteiger charge is -2.34. The lowest BCUT2D eigenvalue weighted by molar-refractivity contribution is 0.511. The number of benzene rings is 2. The second-order valence-corrected chi connectivity index (χ2v) is 8.56. The van der Waals surface area contributed by atoms with Crippen LogP contribution in [-0.4, -0.2) is 16.4 Å². The van der Waals surface area contributed by atoms with Crippen molar-refractivity contribution in [1.82, 2.24) is 0 Å². The van der Waals surface area contributed by atoms with Gasteiger partial charge in [-0.2, -0.15) is 0 Å². The van der Waals surface area contributed by atoms with Crippen molar-refractivity contribution >= 4 is 21.4 Å². The Morgan fingerprint density at radius 2 is 1.96 bits per heavy atom. The zero-order chi connectivity index (χ0) is 19.8. The van der Waals surface area contributed by atoms with Crippen LogP contribution in [0, 0.1) is 16.4 Å². The Kier molecular flexibility index (Phi) is 4.97. The summed E-state index contributed by atoms with van der Waals surface area (Å²) in [6, 6.07) is 8.12. The molecule has 0 bridgehead atoms. The van der Waals surface area contributed by atoms with Gasteiger partial charge in [0, 0.05) is 33.3 Å². The van der Waals surface area contributed by atoms with Crippen molar-refractivity contribution in [2.24, 2.45) is 10.7 Å². The number of nitrogens with one attached hydrogen (secondary N) is 1. The molecular weight excluding hydrogens is 377 g/mol. The molecule has 1 heterocycles. The summed E-state index contributed by atoms with van der Waals surface area (Å²) in [6.45, 7) is 0. The fraction of sp³-hybridized carbons (Fsp3) is 0.167. The minimum atomic E-state index is -2.79. The van der Waals surface area contributed by atoms with E-state index in [-0.39, 0.29) is 17.3 Å². The summed E-state index contributed by atoms with van der Waals surface area (Å²) >= 11 is 0. The van der Waals surface area contributed by atoms with Crippen LogP contribution in [0.2, 0.25) is 0 Å². The normalized spacial score (nSPS) is 19.3. The largest absolute Gasteiger partial charge is 0.369 e. The van der Waals surface area contributed by atoms with E-state index >= 15 is 0 Å². The van der Waals surface area contributed by atoms with E-state index in [9.17, 15) is 17.4 Å². The van der Waals surface area contributed by atoms with Crippen LogP contribution in [0.1, 0.15) is 17.2 Å². The van der Waals surface area contributed by atoms with Crippen molar-refractivity contribution in [1.29, 1.82) is 4.78 Å². The van der Waals surface area contributed by atoms with Crippen LogP contribution in [-0.2, 0) is 15.5 Å². The Morgan fingerprint density at radius 3 is 2.63 bits per heavy atom. The molecule has 2 atom stereocenters. The Hall–Kier alpha value is -2.81. The van der Waals surface area contributed by atoms with Crippen molar-refractivity contribution in [2.75, 3.05) is 11.2 Å². The zero-order valence-electron chi connectivity index (χ0n) is 14.3. The summed E-state index contributed by atoms with van der Waals surface area (Å²) < 4.78 is 61.6. The maximum absolute atomic E-state index is 14.6. The maximum Gasteiger partial charge on any atom is 0.201 e. The lowest BCUT2D eigenvalue weighted by atomic mass is 10.0. The number of halogens is 3. The molecule has 0 radical (unpaired) electrons. The molecule has 0 spiro atoms. The highest BCUT2D eigenvalue weighted by atomic mass is 32.2. The van der Waals surface area contributed by atoms with Gasteiger partial charge in [-0.1, -0.05) is 18.2 Å². The number of hydrogen-bond donors (Lipinski definition) is 2. The van der Waals surface area contributed by atoms with Gasteiger partial charge >= 0.3 is 0 Å². The van der Waals surface area contributed by atoms with Gasteiger partial charge in [0.2, 0.25) is 5.96 Å². The van der Waals surface area contributed by atoms with Gasteiger partial charge in [0.15, 0.2) is 0 Å². The number of nitrogens with two attached hydrogens (primary N) is 1. The average molecular weight is 394 g/mol. The standard InChI is InChI=1S/C18H17F3N4OS/c1-27(23,26)10-11-3-2-4-13(7-11)25-17(16(21)9-24-18(25)22)14-6-5-12(19)8-15(14)20/h2-9,17,23H,10H2,1H3,(H2,22,24). The first kappa shape index (κ1) is 19.0. The van der Waals surface area contributed by atoms with Crippen molar-refractivity contribution in [2.45, 2.75) is 11.8 Å². The van der Waals surface area contributed by atoms with Crippen molar-refractivity contribution in [3.8, 4) is 0 Å². The number of guanidine groups is 1. The fourth-order valence-corrected chi connectivity index (χ4v) is 3.74. The minimum Gasteiger partial charge on any atom is -0.369 e. The second-order valence-electron chi connectivity index (χ2n) is 6.26. The smallest absolute Gasteiger partial charge is 0.201 e. The van der Waals surface area contributed by atoms with E-state index in [1.165, 1.54) is 11.2 Å². The molecule has 2 aromatic rings. The van der Waals surface area contributed by atoms with Crippen molar-refractivity contribution < 1.29 is 17.4 Å². The van der Waals surface area contributed by atoms with Crippen molar-refractivity contribution in [3.05, 3.63) is 77.3 Å². The number of hydrogen-bond acceptors (Lipinski definition) is 5. The summed E-state index contributed by atoms with van der Waals surface area (Å²) in [5, 5.41) is 0. The topological polar surface area (TPSA) is 82.5 Å². The monoisotopic (exact) mass is 394 g/mol. The van der Waals surface area contributed by atoms with Crippen molar-refractivity contribution in [3.63, 3.8) is 0 Å². The van der Waals surface area contributed by atoms with Crippen LogP contribution in [0.3, 0.4) is 0 Å². The highest BCUT2D eigenvalue weighted by molar-refractivity contribution is 7.90. The van der Waals surface area contributed by atoms with Gasteiger partial charge in [0.1, 0.15) is 23.5 Å². The number of nitrogens with zero attached hydrogens (tertiary/aromatic N) is 2. The summed E-state index contributed by atoms with van der Waals surface area (Å²) in [7, 11) is -2.79. The van der Waals surface area contributed by atoms with E-state index in [1.807, 2.05) is 0 Å². The molecule has 0 fully saturated rings. The SMILES string of the molecule is CS(=N)(=O)Cc1cccc(N2C(N)=NC=C(F)C2c2ccc(F)cc2F)c1. The molecule has 0 saturated heterocycles. The molecule has 3 N–H and O–H groups in total. The van der Waals surface area contributed by atoms with Crippen LogP contribution >= 0.6 is 0 Å². The molecule has 1 aliphatic rings. The van der Waals surface area contributed by atoms with Crippen LogP contribution in [0.4, 0.5) is 18.9 Å². The molecule has 0 saturated carbocycles. The second kappa shape index (κ2) is 7.07. The molecule has 0 aliphatic carbocycles. The highest BCUT2D eigenvalue weighted by Gasteiger charge is 2.33. The third-order valence-electron chi connectivity index (χ3n) is 3.97. The first-order chi connectivity index (χ1) is 12.7. The first-order valence-corrected chi connectivity index (χ1v) is 10.0. The molecule has 9 heteroatoms. The zero-order valence-corrected chi connectivity index (χ0v) is 15.1. The van der Waals surface area contributed by atoms with Crippen LogP contribution < -0.4 is 10.6 Å². The van der Waals surface area contributed by atoms with Gasteiger partial charge in [-0.15, -0.1) is 0 Å². The summed E-state index contributed by atoms with van der Waals surface area (Å²) in [4.78, 5) is 5.06. The average Bonchev–Trinajstić information content (AvgIpc) is 2.56. The number of anilines is 1.